The highest BCUT2D eigenvalue weighted by molar-refractivity contribution is 8.14. The van der Waals surface area contributed by atoms with Crippen LogP contribution in [0.4, 0.5) is 15.3 Å². The number of nitrogens with zero attached hydrogens (tertiary/aromatic N) is 2. The summed E-state index contributed by atoms with van der Waals surface area (Å²) in [7, 11) is 0. The smallest absolute Gasteiger partial charge is 0.319 e. The highest BCUT2D eigenvalue weighted by atomic mass is 32.2. The van der Waals surface area contributed by atoms with Gasteiger partial charge in [0.05, 0.1) is 17.6 Å². The number of aromatic nitrogens is 1. The van der Waals surface area contributed by atoms with Crippen molar-refractivity contribution in [3.8, 4) is 0 Å². The molecule has 1 aliphatic rings. The van der Waals surface area contributed by atoms with E-state index in [1.807, 2.05) is 0 Å². The average molecular weight is 280 g/mol. The van der Waals surface area contributed by atoms with E-state index in [1.54, 1.807) is 18.3 Å². The van der Waals surface area contributed by atoms with E-state index < -0.39 is 6.03 Å². The fourth-order valence-electron chi connectivity index (χ4n) is 1.49. The van der Waals surface area contributed by atoms with E-state index in [0.29, 0.717) is 5.69 Å². The molecule has 7 nitrogen and oxygen atoms in total. The molecule has 0 unspecified atom stereocenters. The molecule has 100 valence electrons. The molecule has 1 aromatic rings. The standard InChI is InChI=1S/C11H12N4O3S/c16-9-7-19-11(18)15(9)5-4-13-10(17)14-8-2-1-3-12-6-8/h1-3,6H,4-5,7H2,(H2,13,14,17). The Balaban J connectivity index is 1.72. The van der Waals surface area contributed by atoms with Crippen molar-refractivity contribution in [3.63, 3.8) is 0 Å². The number of urea groups is 1. The topological polar surface area (TPSA) is 91.4 Å². The SMILES string of the molecule is O=C(NCCN1C(=O)CSC1=O)Nc1cccnc1. The molecule has 1 aliphatic heterocycles. The maximum atomic E-state index is 11.5. The predicted molar refractivity (Wildman–Crippen MR) is 70.8 cm³/mol. The third kappa shape index (κ3) is 3.68. The maximum Gasteiger partial charge on any atom is 0.319 e. The van der Waals surface area contributed by atoms with Crippen LogP contribution >= 0.6 is 11.8 Å². The molecule has 8 heteroatoms. The number of nitrogens with one attached hydrogen (secondary N) is 2. The largest absolute Gasteiger partial charge is 0.336 e. The van der Waals surface area contributed by atoms with Gasteiger partial charge in [0, 0.05) is 19.3 Å². The highest BCUT2D eigenvalue weighted by Crippen LogP contribution is 2.17. The van der Waals surface area contributed by atoms with Gasteiger partial charge in [-0.3, -0.25) is 19.5 Å². The van der Waals surface area contributed by atoms with Crippen LogP contribution in [-0.4, -0.2) is 45.9 Å². The number of pyridine rings is 1. The Morgan fingerprint density at radius 2 is 2.32 bits per heavy atom. The van der Waals surface area contributed by atoms with Gasteiger partial charge in [0.25, 0.3) is 5.24 Å². The molecule has 0 radical (unpaired) electrons. The molecule has 2 rings (SSSR count). The lowest BCUT2D eigenvalue weighted by Gasteiger charge is -2.13. The van der Waals surface area contributed by atoms with E-state index in [-0.39, 0.29) is 30.0 Å². The number of carbonyl (C=O) groups excluding carboxylic acids is 3. The average Bonchev–Trinajstić information content (AvgIpc) is 2.71. The maximum absolute atomic E-state index is 11.5. The van der Waals surface area contributed by atoms with Gasteiger partial charge in [-0.25, -0.2) is 4.79 Å². The minimum absolute atomic E-state index is 0.181. The minimum atomic E-state index is -0.403. The second kappa shape index (κ2) is 6.19. The minimum Gasteiger partial charge on any atom is -0.336 e. The van der Waals surface area contributed by atoms with Crippen molar-refractivity contribution in [2.24, 2.45) is 0 Å². The first-order chi connectivity index (χ1) is 9.16. The molecule has 19 heavy (non-hydrogen) atoms. The number of carbonyl (C=O) groups is 3. The molecule has 0 atom stereocenters. The van der Waals surface area contributed by atoms with Gasteiger partial charge in [0.2, 0.25) is 5.91 Å². The number of amides is 4. The first kappa shape index (κ1) is 13.3. The van der Waals surface area contributed by atoms with E-state index in [0.717, 1.165) is 16.7 Å². The second-order valence-corrected chi connectivity index (χ2v) is 4.65. The quantitative estimate of drug-likeness (QED) is 0.855. The summed E-state index contributed by atoms with van der Waals surface area (Å²) in [6.07, 6.45) is 3.12. The van der Waals surface area contributed by atoms with Crippen LogP contribution in [0, 0.1) is 0 Å². The number of thioether (sulfide) groups is 1. The molecule has 1 fully saturated rings. The van der Waals surface area contributed by atoms with Gasteiger partial charge in [0.15, 0.2) is 0 Å². The third-order valence-electron chi connectivity index (χ3n) is 2.38. The zero-order valence-electron chi connectivity index (χ0n) is 9.96. The van der Waals surface area contributed by atoms with Gasteiger partial charge < -0.3 is 10.6 Å². The van der Waals surface area contributed by atoms with Gasteiger partial charge in [-0.1, -0.05) is 11.8 Å². The van der Waals surface area contributed by atoms with E-state index in [9.17, 15) is 14.4 Å². The number of hydrogen-bond donors (Lipinski definition) is 2. The van der Waals surface area contributed by atoms with Crippen molar-refractivity contribution < 1.29 is 14.4 Å². The molecule has 4 amide bonds. The molecule has 2 heterocycles. The molecule has 0 spiro atoms. The molecule has 1 aromatic heterocycles. The Hall–Kier alpha value is -2.09. The van der Waals surface area contributed by atoms with Crippen LogP contribution in [0.25, 0.3) is 0 Å². The number of rotatable bonds is 4. The van der Waals surface area contributed by atoms with E-state index >= 15 is 0 Å². The number of hydrogen-bond acceptors (Lipinski definition) is 5. The summed E-state index contributed by atoms with van der Waals surface area (Å²) in [4.78, 5) is 39.1. The van der Waals surface area contributed by atoms with Crippen LogP contribution in [-0.2, 0) is 4.79 Å². The molecular formula is C11H12N4O3S. The Morgan fingerprint density at radius 3 is 2.95 bits per heavy atom. The lowest BCUT2D eigenvalue weighted by Crippen LogP contribution is -2.39. The van der Waals surface area contributed by atoms with Crippen LogP contribution in [0.5, 0.6) is 0 Å². The zero-order valence-corrected chi connectivity index (χ0v) is 10.8. The van der Waals surface area contributed by atoms with Crippen LogP contribution in [0.3, 0.4) is 0 Å². The molecule has 0 aliphatic carbocycles. The number of imide groups is 1. The summed E-state index contributed by atoms with van der Waals surface area (Å²) < 4.78 is 0. The molecule has 1 saturated heterocycles. The van der Waals surface area contributed by atoms with Gasteiger partial charge in [-0.05, 0) is 12.1 Å². The lowest BCUT2D eigenvalue weighted by molar-refractivity contribution is -0.124. The predicted octanol–water partition coefficient (Wildman–Crippen LogP) is 0.899. The van der Waals surface area contributed by atoms with Crippen molar-refractivity contribution in [3.05, 3.63) is 24.5 Å². The summed E-state index contributed by atoms with van der Waals surface area (Å²) in [5, 5.41) is 4.89. The summed E-state index contributed by atoms with van der Waals surface area (Å²) in [6.45, 7) is 0.398. The Bertz CT molecular complexity index is 478. The van der Waals surface area contributed by atoms with Crippen LogP contribution < -0.4 is 10.6 Å². The Morgan fingerprint density at radius 1 is 1.47 bits per heavy atom. The first-order valence-corrected chi connectivity index (χ1v) is 6.57. The van der Waals surface area contributed by atoms with Crippen molar-refractivity contribution in [2.45, 2.75) is 0 Å². The van der Waals surface area contributed by atoms with Crippen LogP contribution in [0.1, 0.15) is 0 Å². The van der Waals surface area contributed by atoms with Crippen LogP contribution in [0.2, 0.25) is 0 Å². The fourth-order valence-corrected chi connectivity index (χ4v) is 2.24. The second-order valence-electron chi connectivity index (χ2n) is 3.72. The molecular weight excluding hydrogens is 268 g/mol. The summed E-state index contributed by atoms with van der Waals surface area (Å²) in [5.41, 5.74) is 0.573. The van der Waals surface area contributed by atoms with Crippen LogP contribution in [0.15, 0.2) is 24.5 Å². The highest BCUT2D eigenvalue weighted by Gasteiger charge is 2.29. The van der Waals surface area contributed by atoms with Crippen molar-refractivity contribution >= 4 is 34.6 Å². The normalized spacial score (nSPS) is 14.6. The monoisotopic (exact) mass is 280 g/mol. The summed E-state index contributed by atoms with van der Waals surface area (Å²) >= 11 is 0.976. The van der Waals surface area contributed by atoms with E-state index in [1.165, 1.54) is 6.20 Å². The lowest BCUT2D eigenvalue weighted by atomic mass is 10.4. The molecule has 2 N–H and O–H groups in total. The van der Waals surface area contributed by atoms with Crippen molar-refractivity contribution in [2.75, 3.05) is 24.2 Å². The zero-order chi connectivity index (χ0) is 13.7. The van der Waals surface area contributed by atoms with Crippen molar-refractivity contribution in [1.82, 2.24) is 15.2 Å². The van der Waals surface area contributed by atoms with Gasteiger partial charge >= 0.3 is 6.03 Å². The van der Waals surface area contributed by atoms with Gasteiger partial charge in [-0.2, -0.15) is 0 Å². The molecule has 0 aromatic carbocycles. The Kier molecular flexibility index (Phi) is 4.35. The first-order valence-electron chi connectivity index (χ1n) is 5.59. The summed E-state index contributed by atoms with van der Waals surface area (Å²) in [6, 6.07) is 3.00. The Labute approximate surface area is 113 Å². The third-order valence-corrected chi connectivity index (χ3v) is 3.24. The van der Waals surface area contributed by atoms with Gasteiger partial charge in [-0.15, -0.1) is 0 Å². The molecule has 0 saturated carbocycles. The number of anilines is 1. The fraction of sp³-hybridized carbons (Fsp3) is 0.273. The van der Waals surface area contributed by atoms with E-state index in [2.05, 4.69) is 15.6 Å². The summed E-state index contributed by atoms with van der Waals surface area (Å²) in [5.74, 6) is -0.0368. The van der Waals surface area contributed by atoms with E-state index in [4.69, 9.17) is 0 Å². The van der Waals surface area contributed by atoms with Gasteiger partial charge in [0.1, 0.15) is 0 Å². The van der Waals surface area contributed by atoms with Crippen molar-refractivity contribution in [1.29, 1.82) is 0 Å². The molecule has 0 bridgehead atoms.